The van der Waals surface area contributed by atoms with Gasteiger partial charge in [-0.05, 0) is 64.0 Å². The Kier molecular flexibility index (Phi) is 12.8. The van der Waals surface area contributed by atoms with Crippen molar-refractivity contribution in [3.63, 3.8) is 0 Å². The minimum absolute atomic E-state index is 0. The third-order valence-corrected chi connectivity index (χ3v) is 6.86. The van der Waals surface area contributed by atoms with Crippen LogP contribution in [0.15, 0.2) is 29.3 Å². The zero-order valence-corrected chi connectivity index (χ0v) is 23.4. The van der Waals surface area contributed by atoms with Crippen LogP contribution in [0.3, 0.4) is 0 Å². The minimum atomic E-state index is 0. The molecule has 2 heterocycles. The summed E-state index contributed by atoms with van der Waals surface area (Å²) in [5, 5.41) is 7.08. The largest absolute Gasteiger partial charge is 0.497 e. The number of ether oxygens (including phenoxy) is 1. The van der Waals surface area contributed by atoms with E-state index in [0.29, 0.717) is 12.1 Å². The lowest BCUT2D eigenvalue weighted by Crippen LogP contribution is -2.50. The van der Waals surface area contributed by atoms with Crippen molar-refractivity contribution in [3.8, 4) is 5.75 Å². The molecule has 2 fully saturated rings. The molecule has 2 aliphatic heterocycles. The number of piperazine rings is 1. The highest BCUT2D eigenvalue weighted by Gasteiger charge is 2.24. The monoisotopic (exact) mass is 572 g/mol. The third-order valence-electron chi connectivity index (χ3n) is 6.86. The Morgan fingerprint density at radius 1 is 1.03 bits per heavy atom. The van der Waals surface area contributed by atoms with Gasteiger partial charge in [-0.1, -0.05) is 19.1 Å². The fourth-order valence-corrected chi connectivity index (χ4v) is 4.75. The van der Waals surface area contributed by atoms with Crippen LogP contribution < -0.4 is 15.4 Å². The van der Waals surface area contributed by atoms with Crippen LogP contribution in [0.4, 0.5) is 0 Å². The second-order valence-electron chi connectivity index (χ2n) is 8.96. The molecule has 0 aliphatic carbocycles. The van der Waals surface area contributed by atoms with Gasteiger partial charge in [-0.25, -0.2) is 0 Å². The molecule has 3 rings (SSSR count). The Labute approximate surface area is 218 Å². The Morgan fingerprint density at radius 2 is 1.76 bits per heavy atom. The fraction of sp³-hybridized carbons (Fsp3) is 0.720. The van der Waals surface area contributed by atoms with E-state index < -0.39 is 0 Å². The van der Waals surface area contributed by atoms with E-state index in [4.69, 9.17) is 9.73 Å². The van der Waals surface area contributed by atoms with Crippen molar-refractivity contribution in [3.05, 3.63) is 29.8 Å². The third kappa shape index (κ3) is 8.56. The minimum Gasteiger partial charge on any atom is -0.497 e. The van der Waals surface area contributed by atoms with Crippen molar-refractivity contribution in [2.75, 3.05) is 72.6 Å². The van der Waals surface area contributed by atoms with Crippen molar-refractivity contribution in [2.24, 2.45) is 4.99 Å². The first-order chi connectivity index (χ1) is 15.6. The standard InChI is InChI=1S/C25H44N6O.HI/c1-5-26-25(27-19-21(3)30-16-14-29(6-2)15-17-30)28-20-24(31-12-7-8-13-31)22-10-9-11-23(18-22)32-4;/h9-11,18,21,24H,5-8,12-17,19-20H2,1-4H3,(H2,26,27,28);1H. The van der Waals surface area contributed by atoms with Crippen LogP contribution >= 0.6 is 24.0 Å². The van der Waals surface area contributed by atoms with Crippen LogP contribution in [0.25, 0.3) is 0 Å². The molecular formula is C25H45IN6O. The Bertz CT molecular complexity index is 704. The summed E-state index contributed by atoms with van der Waals surface area (Å²) in [6.45, 7) is 17.3. The predicted molar refractivity (Wildman–Crippen MR) is 149 cm³/mol. The zero-order chi connectivity index (χ0) is 22.8. The van der Waals surface area contributed by atoms with Crippen LogP contribution in [0.1, 0.15) is 45.2 Å². The number of likely N-dealkylation sites (N-methyl/N-ethyl adjacent to an activating group) is 1. The molecule has 0 radical (unpaired) electrons. The first-order valence-electron chi connectivity index (χ1n) is 12.5. The van der Waals surface area contributed by atoms with Gasteiger partial charge < -0.3 is 20.3 Å². The number of benzene rings is 1. The van der Waals surface area contributed by atoms with Crippen molar-refractivity contribution < 1.29 is 4.74 Å². The molecule has 33 heavy (non-hydrogen) atoms. The maximum absolute atomic E-state index is 5.49. The van der Waals surface area contributed by atoms with E-state index in [9.17, 15) is 0 Å². The molecule has 0 aromatic heterocycles. The van der Waals surface area contributed by atoms with E-state index in [0.717, 1.165) is 64.1 Å². The highest BCUT2D eigenvalue weighted by atomic mass is 127. The van der Waals surface area contributed by atoms with E-state index in [2.05, 4.69) is 64.3 Å². The van der Waals surface area contributed by atoms with Crippen molar-refractivity contribution in [1.82, 2.24) is 25.3 Å². The lowest BCUT2D eigenvalue weighted by molar-refractivity contribution is 0.109. The van der Waals surface area contributed by atoms with Gasteiger partial charge in [-0.2, -0.15) is 0 Å². The number of guanidine groups is 1. The molecule has 2 N–H and O–H groups in total. The molecule has 8 heteroatoms. The van der Waals surface area contributed by atoms with Crippen molar-refractivity contribution in [2.45, 2.75) is 45.7 Å². The zero-order valence-electron chi connectivity index (χ0n) is 21.1. The Balaban J connectivity index is 0.00000385. The molecule has 188 valence electrons. The maximum Gasteiger partial charge on any atom is 0.191 e. The quantitative estimate of drug-likeness (QED) is 0.256. The summed E-state index contributed by atoms with van der Waals surface area (Å²) in [5.74, 6) is 1.84. The molecule has 2 unspecified atom stereocenters. The molecule has 1 aromatic carbocycles. The number of nitrogens with zero attached hydrogens (tertiary/aromatic N) is 4. The van der Waals surface area contributed by atoms with Gasteiger partial charge in [0.15, 0.2) is 5.96 Å². The number of aliphatic imine (C=N–C) groups is 1. The van der Waals surface area contributed by atoms with E-state index in [1.807, 2.05) is 6.07 Å². The van der Waals surface area contributed by atoms with Crippen LogP contribution in [-0.4, -0.2) is 99.3 Å². The first kappa shape index (κ1) is 28.1. The van der Waals surface area contributed by atoms with Gasteiger partial charge in [0.25, 0.3) is 0 Å². The molecule has 2 atom stereocenters. The van der Waals surface area contributed by atoms with Gasteiger partial charge in [0.1, 0.15) is 5.75 Å². The molecule has 0 bridgehead atoms. The van der Waals surface area contributed by atoms with Crippen LogP contribution in [0.5, 0.6) is 5.75 Å². The molecular weight excluding hydrogens is 527 g/mol. The van der Waals surface area contributed by atoms with Crippen LogP contribution in [0, 0.1) is 0 Å². The number of likely N-dealkylation sites (tertiary alicyclic amines) is 1. The maximum atomic E-state index is 5.49. The van der Waals surface area contributed by atoms with Gasteiger partial charge in [0.2, 0.25) is 0 Å². The number of nitrogens with one attached hydrogen (secondary N) is 2. The molecule has 0 amide bonds. The van der Waals surface area contributed by atoms with E-state index in [-0.39, 0.29) is 24.0 Å². The van der Waals surface area contributed by atoms with Crippen LogP contribution in [-0.2, 0) is 0 Å². The normalized spacial score (nSPS) is 20.2. The smallest absolute Gasteiger partial charge is 0.191 e. The van der Waals surface area contributed by atoms with E-state index >= 15 is 0 Å². The molecule has 1 aromatic rings. The van der Waals surface area contributed by atoms with Crippen molar-refractivity contribution in [1.29, 1.82) is 0 Å². The SMILES string of the molecule is CCNC(=NCC(C)N1CCN(CC)CC1)NCC(c1cccc(OC)c1)N1CCCC1.I. The summed E-state index contributed by atoms with van der Waals surface area (Å²) < 4.78 is 5.49. The number of hydrogen-bond acceptors (Lipinski definition) is 5. The summed E-state index contributed by atoms with van der Waals surface area (Å²) in [5.41, 5.74) is 1.30. The predicted octanol–water partition coefficient (Wildman–Crippen LogP) is 3.03. The lowest BCUT2D eigenvalue weighted by atomic mass is 10.1. The average molecular weight is 573 g/mol. The van der Waals surface area contributed by atoms with Gasteiger partial charge in [-0.3, -0.25) is 14.8 Å². The molecule has 2 saturated heterocycles. The Hall–Kier alpha value is -1.10. The van der Waals surface area contributed by atoms with E-state index in [1.54, 1.807) is 7.11 Å². The highest BCUT2D eigenvalue weighted by Crippen LogP contribution is 2.27. The summed E-state index contributed by atoms with van der Waals surface area (Å²) in [6.07, 6.45) is 2.55. The second kappa shape index (κ2) is 15.0. The van der Waals surface area contributed by atoms with Gasteiger partial charge in [0.05, 0.1) is 19.7 Å². The summed E-state index contributed by atoms with van der Waals surface area (Å²) >= 11 is 0. The lowest BCUT2D eigenvalue weighted by Gasteiger charge is -2.37. The number of rotatable bonds is 10. The topological polar surface area (TPSA) is 55.4 Å². The van der Waals surface area contributed by atoms with Crippen molar-refractivity contribution >= 4 is 29.9 Å². The summed E-state index contributed by atoms with van der Waals surface area (Å²) in [4.78, 5) is 12.6. The average Bonchev–Trinajstić information content (AvgIpc) is 3.37. The summed E-state index contributed by atoms with van der Waals surface area (Å²) in [7, 11) is 1.74. The second-order valence-corrected chi connectivity index (χ2v) is 8.96. The molecule has 0 spiro atoms. The van der Waals surface area contributed by atoms with Gasteiger partial charge in [0, 0.05) is 45.3 Å². The first-order valence-corrected chi connectivity index (χ1v) is 12.5. The molecule has 7 nitrogen and oxygen atoms in total. The molecule has 2 aliphatic rings. The van der Waals surface area contributed by atoms with Gasteiger partial charge >= 0.3 is 0 Å². The Morgan fingerprint density at radius 3 is 2.39 bits per heavy atom. The fourth-order valence-electron chi connectivity index (χ4n) is 4.75. The van der Waals surface area contributed by atoms with E-state index in [1.165, 1.54) is 31.5 Å². The summed E-state index contributed by atoms with van der Waals surface area (Å²) in [6, 6.07) is 9.28. The number of halogens is 1. The highest BCUT2D eigenvalue weighted by molar-refractivity contribution is 14.0. The number of methoxy groups -OCH3 is 1. The van der Waals surface area contributed by atoms with Gasteiger partial charge in [-0.15, -0.1) is 24.0 Å². The number of hydrogen-bond donors (Lipinski definition) is 2. The van der Waals surface area contributed by atoms with Crippen LogP contribution in [0.2, 0.25) is 0 Å². The molecule has 0 saturated carbocycles.